The first-order chi connectivity index (χ1) is 8.16. The second-order valence-electron chi connectivity index (χ2n) is 4.92. The van der Waals surface area contributed by atoms with Crippen LogP contribution in [-0.4, -0.2) is 17.3 Å². The molecule has 1 fully saturated rings. The molecule has 0 aromatic heterocycles. The van der Waals surface area contributed by atoms with Gasteiger partial charge in [0.25, 0.3) is 0 Å². The van der Waals surface area contributed by atoms with Gasteiger partial charge in [-0.05, 0) is 37.0 Å². The maximum Gasteiger partial charge on any atom is 0.126 e. The highest BCUT2D eigenvalue weighted by Gasteiger charge is 2.22. The molecule has 0 bridgehead atoms. The molecule has 1 aromatic carbocycles. The number of rotatable bonds is 3. The van der Waals surface area contributed by atoms with Gasteiger partial charge in [-0.15, -0.1) is 0 Å². The van der Waals surface area contributed by atoms with Gasteiger partial charge in [0.2, 0.25) is 0 Å². The van der Waals surface area contributed by atoms with E-state index in [9.17, 15) is 9.50 Å². The summed E-state index contributed by atoms with van der Waals surface area (Å²) in [7, 11) is 0. The lowest BCUT2D eigenvalue weighted by molar-refractivity contribution is 0.0902. The lowest BCUT2D eigenvalue weighted by atomic mass is 9.92. The second-order valence-corrected chi connectivity index (χ2v) is 4.92. The van der Waals surface area contributed by atoms with Crippen LogP contribution in [0.4, 0.5) is 4.39 Å². The molecule has 2 atom stereocenters. The standard InChI is InChI=1S/C14H20FNO/c1-10-6-7-11(8-12(10)15)9-16-13-4-2-3-5-14(13)17/h6-8,13-14,16-17H,2-5,9H2,1H3. The van der Waals surface area contributed by atoms with Crippen molar-refractivity contribution in [3.8, 4) is 0 Å². The molecule has 0 saturated heterocycles. The summed E-state index contributed by atoms with van der Waals surface area (Å²) in [5, 5.41) is 13.1. The molecule has 94 valence electrons. The van der Waals surface area contributed by atoms with Crippen LogP contribution in [-0.2, 0) is 6.54 Å². The minimum Gasteiger partial charge on any atom is -0.392 e. The monoisotopic (exact) mass is 237 g/mol. The van der Waals surface area contributed by atoms with Gasteiger partial charge in [0.15, 0.2) is 0 Å². The molecule has 2 N–H and O–H groups in total. The minimum absolute atomic E-state index is 0.159. The molecule has 17 heavy (non-hydrogen) atoms. The number of aryl methyl sites for hydroxylation is 1. The van der Waals surface area contributed by atoms with E-state index in [1.807, 2.05) is 6.07 Å². The highest BCUT2D eigenvalue weighted by atomic mass is 19.1. The molecule has 0 spiro atoms. The van der Waals surface area contributed by atoms with E-state index in [0.29, 0.717) is 12.1 Å². The highest BCUT2D eigenvalue weighted by molar-refractivity contribution is 5.23. The molecule has 0 amide bonds. The van der Waals surface area contributed by atoms with Crippen molar-refractivity contribution in [3.05, 3.63) is 35.1 Å². The van der Waals surface area contributed by atoms with Gasteiger partial charge >= 0.3 is 0 Å². The number of benzene rings is 1. The summed E-state index contributed by atoms with van der Waals surface area (Å²) in [4.78, 5) is 0. The minimum atomic E-state index is -0.251. The Kier molecular flexibility index (Phi) is 4.13. The van der Waals surface area contributed by atoms with Crippen molar-refractivity contribution in [2.45, 2.75) is 51.3 Å². The van der Waals surface area contributed by atoms with Crippen molar-refractivity contribution in [3.63, 3.8) is 0 Å². The number of nitrogens with one attached hydrogen (secondary N) is 1. The Morgan fingerprint density at radius 3 is 2.82 bits per heavy atom. The summed E-state index contributed by atoms with van der Waals surface area (Å²) in [5.41, 5.74) is 1.61. The average Bonchev–Trinajstić information content (AvgIpc) is 2.32. The lowest BCUT2D eigenvalue weighted by Gasteiger charge is -2.28. The normalized spacial score (nSPS) is 24.9. The van der Waals surface area contributed by atoms with Gasteiger partial charge in [-0.25, -0.2) is 4.39 Å². The van der Waals surface area contributed by atoms with Gasteiger partial charge < -0.3 is 10.4 Å². The maximum absolute atomic E-state index is 13.3. The molecule has 0 heterocycles. The molecular weight excluding hydrogens is 217 g/mol. The highest BCUT2D eigenvalue weighted by Crippen LogP contribution is 2.19. The number of hydrogen-bond acceptors (Lipinski definition) is 2. The Hall–Kier alpha value is -0.930. The Balaban J connectivity index is 1.90. The predicted molar refractivity (Wildman–Crippen MR) is 66.2 cm³/mol. The lowest BCUT2D eigenvalue weighted by Crippen LogP contribution is -2.41. The Bertz CT molecular complexity index is 380. The van der Waals surface area contributed by atoms with Crippen LogP contribution in [0.3, 0.4) is 0 Å². The van der Waals surface area contributed by atoms with Crippen molar-refractivity contribution in [2.75, 3.05) is 0 Å². The first kappa shape index (κ1) is 12.5. The van der Waals surface area contributed by atoms with E-state index >= 15 is 0 Å². The fraction of sp³-hybridized carbons (Fsp3) is 0.571. The number of hydrogen-bond donors (Lipinski definition) is 2. The summed E-state index contributed by atoms with van der Waals surface area (Å²) >= 11 is 0. The first-order valence-corrected chi connectivity index (χ1v) is 6.33. The topological polar surface area (TPSA) is 32.3 Å². The zero-order valence-electron chi connectivity index (χ0n) is 10.2. The third-order valence-corrected chi connectivity index (χ3v) is 3.53. The third kappa shape index (κ3) is 3.27. The molecule has 1 aliphatic rings. The molecular formula is C14H20FNO. The quantitative estimate of drug-likeness (QED) is 0.846. The molecule has 1 saturated carbocycles. The third-order valence-electron chi connectivity index (χ3n) is 3.53. The fourth-order valence-electron chi connectivity index (χ4n) is 2.34. The summed E-state index contributed by atoms with van der Waals surface area (Å²) in [6, 6.07) is 5.45. The van der Waals surface area contributed by atoms with Gasteiger partial charge in [-0.1, -0.05) is 25.0 Å². The molecule has 1 aromatic rings. The van der Waals surface area contributed by atoms with Crippen LogP contribution in [0, 0.1) is 12.7 Å². The molecule has 0 aliphatic heterocycles. The van der Waals surface area contributed by atoms with Crippen LogP contribution in [0.1, 0.15) is 36.8 Å². The van der Waals surface area contributed by atoms with Crippen molar-refractivity contribution in [2.24, 2.45) is 0 Å². The van der Waals surface area contributed by atoms with Gasteiger partial charge in [-0.2, -0.15) is 0 Å². The van der Waals surface area contributed by atoms with Gasteiger partial charge in [-0.3, -0.25) is 0 Å². The Morgan fingerprint density at radius 2 is 2.12 bits per heavy atom. The summed E-state index contributed by atoms with van der Waals surface area (Å²) in [6.07, 6.45) is 3.91. The van der Waals surface area contributed by atoms with Crippen LogP contribution in [0.2, 0.25) is 0 Å². The van der Waals surface area contributed by atoms with E-state index in [0.717, 1.165) is 31.2 Å². The molecule has 2 unspecified atom stereocenters. The Morgan fingerprint density at radius 1 is 1.35 bits per heavy atom. The molecule has 0 radical (unpaired) electrons. The van der Waals surface area contributed by atoms with Crippen LogP contribution >= 0.6 is 0 Å². The molecule has 2 rings (SSSR count). The Labute approximate surface area is 102 Å². The van der Waals surface area contributed by atoms with E-state index in [2.05, 4.69) is 5.32 Å². The van der Waals surface area contributed by atoms with Crippen LogP contribution in [0.15, 0.2) is 18.2 Å². The van der Waals surface area contributed by atoms with Gasteiger partial charge in [0.1, 0.15) is 5.82 Å². The van der Waals surface area contributed by atoms with Gasteiger partial charge in [0.05, 0.1) is 6.10 Å². The second kappa shape index (κ2) is 5.61. The summed E-state index contributed by atoms with van der Waals surface area (Å²) < 4.78 is 13.3. The van der Waals surface area contributed by atoms with Gasteiger partial charge in [0, 0.05) is 12.6 Å². The van der Waals surface area contributed by atoms with E-state index < -0.39 is 0 Å². The number of aliphatic hydroxyl groups is 1. The average molecular weight is 237 g/mol. The van der Waals surface area contributed by atoms with Crippen LogP contribution < -0.4 is 5.32 Å². The predicted octanol–water partition coefficient (Wildman–Crippen LogP) is 2.53. The summed E-state index contributed by atoms with van der Waals surface area (Å²) in [5.74, 6) is -0.159. The van der Waals surface area contributed by atoms with Crippen molar-refractivity contribution in [1.82, 2.24) is 5.32 Å². The first-order valence-electron chi connectivity index (χ1n) is 6.33. The maximum atomic E-state index is 13.3. The van der Waals surface area contributed by atoms with E-state index in [1.165, 1.54) is 0 Å². The van der Waals surface area contributed by atoms with Crippen LogP contribution in [0.25, 0.3) is 0 Å². The number of halogens is 1. The van der Waals surface area contributed by atoms with Crippen LogP contribution in [0.5, 0.6) is 0 Å². The zero-order chi connectivity index (χ0) is 12.3. The van der Waals surface area contributed by atoms with E-state index in [-0.39, 0.29) is 18.0 Å². The zero-order valence-corrected chi connectivity index (χ0v) is 10.2. The van der Waals surface area contributed by atoms with E-state index in [4.69, 9.17) is 0 Å². The largest absolute Gasteiger partial charge is 0.392 e. The van der Waals surface area contributed by atoms with E-state index in [1.54, 1.807) is 19.1 Å². The summed E-state index contributed by atoms with van der Waals surface area (Å²) in [6.45, 7) is 2.39. The van der Waals surface area contributed by atoms with Crippen molar-refractivity contribution >= 4 is 0 Å². The SMILES string of the molecule is Cc1ccc(CNC2CCCCC2O)cc1F. The molecule has 1 aliphatic carbocycles. The fourth-order valence-corrected chi connectivity index (χ4v) is 2.34. The van der Waals surface area contributed by atoms with Crippen molar-refractivity contribution < 1.29 is 9.50 Å². The van der Waals surface area contributed by atoms with Crippen molar-refractivity contribution in [1.29, 1.82) is 0 Å². The smallest absolute Gasteiger partial charge is 0.126 e. The molecule has 3 heteroatoms. The molecule has 2 nitrogen and oxygen atoms in total. The number of aliphatic hydroxyl groups excluding tert-OH is 1.